The van der Waals surface area contributed by atoms with Crippen LogP contribution in [0.5, 0.6) is 0 Å². The molecule has 0 fully saturated rings. The third kappa shape index (κ3) is 3.87. The summed E-state index contributed by atoms with van der Waals surface area (Å²) in [5.74, 6) is 0. The summed E-state index contributed by atoms with van der Waals surface area (Å²) in [5.41, 5.74) is 1.24. The van der Waals surface area contributed by atoms with Crippen molar-refractivity contribution in [2.45, 2.75) is 32.8 Å². The van der Waals surface area contributed by atoms with E-state index in [0.717, 1.165) is 16.7 Å². The molecule has 2 rings (SSSR count). The van der Waals surface area contributed by atoms with Crippen LogP contribution in [0.3, 0.4) is 0 Å². The van der Waals surface area contributed by atoms with Gasteiger partial charge in [0.05, 0.1) is 5.02 Å². The highest BCUT2D eigenvalue weighted by molar-refractivity contribution is 6.35. The third-order valence-corrected chi connectivity index (χ3v) is 2.93. The molecule has 108 valence electrons. The highest BCUT2D eigenvalue weighted by Crippen LogP contribution is 2.22. The zero-order chi connectivity index (χ0) is 14.8. The summed E-state index contributed by atoms with van der Waals surface area (Å²) in [7, 11) is 0. The van der Waals surface area contributed by atoms with E-state index in [2.05, 4.69) is 15.3 Å². The van der Waals surface area contributed by atoms with Gasteiger partial charge in [0.25, 0.3) is 0 Å². The van der Waals surface area contributed by atoms with Gasteiger partial charge in [-0.15, -0.1) is 0 Å². The molecule has 6 heteroatoms. The minimum Gasteiger partial charge on any atom is -0.444 e. The van der Waals surface area contributed by atoms with E-state index in [9.17, 15) is 4.79 Å². The van der Waals surface area contributed by atoms with E-state index >= 15 is 0 Å². The number of alkyl carbamates (subject to hydrolysis) is 1. The molecular formula is C14H18ClN3O2. The number of hydrogen-bond donors (Lipinski definition) is 2. The normalized spacial score (nSPS) is 11.6. The molecule has 20 heavy (non-hydrogen) atoms. The second kappa shape index (κ2) is 5.71. The average molecular weight is 296 g/mol. The first-order chi connectivity index (χ1) is 9.35. The van der Waals surface area contributed by atoms with Gasteiger partial charge >= 0.3 is 6.09 Å². The molecule has 0 aliphatic heterocycles. The molecule has 2 N–H and O–H groups in total. The molecule has 0 atom stereocenters. The van der Waals surface area contributed by atoms with Crippen LogP contribution in [0.1, 0.15) is 26.5 Å². The number of nitrogens with zero attached hydrogens (tertiary/aromatic N) is 1. The number of ether oxygens (including phenoxy) is 1. The quantitative estimate of drug-likeness (QED) is 0.913. The zero-order valence-electron chi connectivity index (χ0n) is 11.8. The fraction of sp³-hybridized carbons (Fsp3) is 0.429. The van der Waals surface area contributed by atoms with E-state index in [1.165, 1.54) is 0 Å². The Morgan fingerprint density at radius 2 is 2.25 bits per heavy atom. The number of rotatable bonds is 3. The number of amides is 1. The van der Waals surface area contributed by atoms with E-state index in [-0.39, 0.29) is 0 Å². The van der Waals surface area contributed by atoms with Crippen LogP contribution in [0.25, 0.3) is 11.0 Å². The van der Waals surface area contributed by atoms with Crippen molar-refractivity contribution in [2.24, 2.45) is 0 Å². The van der Waals surface area contributed by atoms with Crippen LogP contribution in [-0.2, 0) is 11.2 Å². The summed E-state index contributed by atoms with van der Waals surface area (Å²) in [4.78, 5) is 18.9. The van der Waals surface area contributed by atoms with Gasteiger partial charge in [0.2, 0.25) is 0 Å². The molecule has 2 heterocycles. The van der Waals surface area contributed by atoms with Gasteiger partial charge in [0, 0.05) is 30.2 Å². The molecule has 0 saturated heterocycles. The Hall–Kier alpha value is -1.75. The van der Waals surface area contributed by atoms with Crippen molar-refractivity contribution >= 4 is 28.7 Å². The highest BCUT2D eigenvalue weighted by Gasteiger charge is 2.15. The van der Waals surface area contributed by atoms with E-state index in [0.29, 0.717) is 18.0 Å². The molecule has 0 aliphatic carbocycles. The Labute approximate surface area is 122 Å². The lowest BCUT2D eigenvalue weighted by Crippen LogP contribution is -2.33. The number of fused-ring (bicyclic) bond motifs is 1. The molecule has 2 aromatic rings. The average Bonchev–Trinajstić information content (AvgIpc) is 2.71. The summed E-state index contributed by atoms with van der Waals surface area (Å²) in [6.07, 6.45) is 1.90. The number of halogens is 1. The van der Waals surface area contributed by atoms with Crippen LogP contribution in [0.15, 0.2) is 18.3 Å². The van der Waals surface area contributed by atoms with Crippen molar-refractivity contribution in [3.05, 3.63) is 29.0 Å². The second-order valence-corrected chi connectivity index (χ2v) is 5.94. The lowest BCUT2D eigenvalue weighted by molar-refractivity contribution is 0.0528. The van der Waals surface area contributed by atoms with Gasteiger partial charge in [-0.3, -0.25) is 0 Å². The maximum atomic E-state index is 11.5. The van der Waals surface area contributed by atoms with Crippen molar-refractivity contribution in [1.29, 1.82) is 0 Å². The van der Waals surface area contributed by atoms with Crippen LogP contribution < -0.4 is 5.32 Å². The van der Waals surface area contributed by atoms with Crippen molar-refractivity contribution < 1.29 is 9.53 Å². The summed E-state index contributed by atoms with van der Waals surface area (Å²) in [5, 5.41) is 4.27. The Morgan fingerprint density at radius 1 is 1.50 bits per heavy atom. The van der Waals surface area contributed by atoms with Gasteiger partial charge < -0.3 is 15.0 Å². The Kier molecular flexibility index (Phi) is 4.18. The topological polar surface area (TPSA) is 67.0 Å². The molecule has 0 spiro atoms. The first kappa shape index (κ1) is 14.7. The molecule has 0 radical (unpaired) electrons. The van der Waals surface area contributed by atoms with Crippen molar-refractivity contribution in [2.75, 3.05) is 6.54 Å². The summed E-state index contributed by atoms with van der Waals surface area (Å²) >= 11 is 6.08. The summed E-state index contributed by atoms with van der Waals surface area (Å²) < 4.78 is 5.16. The number of H-pyrrole nitrogens is 1. The minimum atomic E-state index is -0.483. The Morgan fingerprint density at radius 3 is 2.90 bits per heavy atom. The molecule has 0 aromatic carbocycles. The smallest absolute Gasteiger partial charge is 0.407 e. The van der Waals surface area contributed by atoms with Gasteiger partial charge in [0.1, 0.15) is 11.2 Å². The number of aromatic amines is 1. The maximum absolute atomic E-state index is 11.5. The second-order valence-electron chi connectivity index (χ2n) is 5.53. The van der Waals surface area contributed by atoms with Crippen LogP contribution >= 0.6 is 11.6 Å². The number of aromatic nitrogens is 2. The van der Waals surface area contributed by atoms with Crippen LogP contribution in [-0.4, -0.2) is 28.2 Å². The lowest BCUT2D eigenvalue weighted by Gasteiger charge is -2.19. The van der Waals surface area contributed by atoms with Crippen molar-refractivity contribution in [3.8, 4) is 0 Å². The van der Waals surface area contributed by atoms with E-state index in [1.54, 1.807) is 12.3 Å². The molecule has 5 nitrogen and oxygen atoms in total. The molecule has 2 aromatic heterocycles. The molecule has 0 aliphatic rings. The molecule has 0 unspecified atom stereocenters. The summed E-state index contributed by atoms with van der Waals surface area (Å²) in [6, 6.07) is 3.70. The monoisotopic (exact) mass is 295 g/mol. The fourth-order valence-electron chi connectivity index (χ4n) is 1.80. The van der Waals surface area contributed by atoms with Crippen molar-refractivity contribution in [3.63, 3.8) is 0 Å². The first-order valence-electron chi connectivity index (χ1n) is 6.44. The van der Waals surface area contributed by atoms with Gasteiger partial charge in [-0.25, -0.2) is 9.78 Å². The van der Waals surface area contributed by atoms with Crippen LogP contribution in [0.2, 0.25) is 5.02 Å². The minimum absolute atomic E-state index is 0.412. The summed E-state index contributed by atoms with van der Waals surface area (Å²) in [6.45, 7) is 5.98. The molecule has 0 saturated carbocycles. The van der Waals surface area contributed by atoms with E-state index in [4.69, 9.17) is 16.3 Å². The number of carbonyl (C=O) groups is 1. The Bertz CT molecular complexity index is 616. The molecule has 1 amide bonds. The number of nitrogens with one attached hydrogen (secondary N) is 2. The predicted octanol–water partition coefficient (Wildman–Crippen LogP) is 3.28. The zero-order valence-corrected chi connectivity index (χ0v) is 12.5. The first-order valence-corrected chi connectivity index (χ1v) is 6.82. The number of carbonyl (C=O) groups excluding carboxylic acids is 1. The van der Waals surface area contributed by atoms with Gasteiger partial charge in [0.15, 0.2) is 0 Å². The van der Waals surface area contributed by atoms with Gasteiger partial charge in [-0.2, -0.15) is 0 Å². The van der Waals surface area contributed by atoms with Gasteiger partial charge in [-0.05, 0) is 32.9 Å². The SMILES string of the molecule is CC(C)(C)OC(=O)NCCc1cc2c(Cl)ccnc2[nH]1. The molecule has 0 bridgehead atoms. The third-order valence-electron chi connectivity index (χ3n) is 2.60. The number of hydrogen-bond acceptors (Lipinski definition) is 3. The fourth-order valence-corrected chi connectivity index (χ4v) is 2.00. The standard InChI is InChI=1S/C14H18ClN3O2/c1-14(2,3)20-13(19)17-6-4-9-8-10-11(15)5-7-16-12(10)18-9/h5,7-8H,4,6H2,1-3H3,(H,16,18)(H,17,19). The van der Waals surface area contributed by atoms with E-state index < -0.39 is 11.7 Å². The van der Waals surface area contributed by atoms with E-state index in [1.807, 2.05) is 26.8 Å². The van der Waals surface area contributed by atoms with Gasteiger partial charge in [-0.1, -0.05) is 11.6 Å². The largest absolute Gasteiger partial charge is 0.444 e. The highest BCUT2D eigenvalue weighted by atomic mass is 35.5. The van der Waals surface area contributed by atoms with Crippen LogP contribution in [0, 0.1) is 0 Å². The number of pyridine rings is 1. The van der Waals surface area contributed by atoms with Crippen molar-refractivity contribution in [1.82, 2.24) is 15.3 Å². The molecular weight excluding hydrogens is 278 g/mol. The maximum Gasteiger partial charge on any atom is 0.407 e. The predicted molar refractivity (Wildman–Crippen MR) is 79.0 cm³/mol. The van der Waals surface area contributed by atoms with Crippen LogP contribution in [0.4, 0.5) is 4.79 Å². The lowest BCUT2D eigenvalue weighted by atomic mass is 10.2. The Balaban J connectivity index is 1.90.